The first-order chi connectivity index (χ1) is 18.2. The lowest BCUT2D eigenvalue weighted by molar-refractivity contribution is -0.137. The highest BCUT2D eigenvalue weighted by Crippen LogP contribution is 2.43. The number of alkyl halides is 3. The van der Waals surface area contributed by atoms with E-state index in [0.29, 0.717) is 11.0 Å². The maximum absolute atomic E-state index is 13.7. The fourth-order valence-corrected chi connectivity index (χ4v) is 5.21. The Morgan fingerprint density at radius 1 is 1.00 bits per heavy atom. The van der Waals surface area contributed by atoms with Gasteiger partial charge in [0.2, 0.25) is 0 Å². The van der Waals surface area contributed by atoms with Crippen LogP contribution in [0.1, 0.15) is 94.0 Å². The van der Waals surface area contributed by atoms with E-state index in [1.807, 2.05) is 0 Å². The van der Waals surface area contributed by atoms with Gasteiger partial charge in [0, 0.05) is 17.7 Å². The number of unbranched alkanes of at least 4 members (excludes halogenated alkanes) is 5. The van der Waals surface area contributed by atoms with E-state index in [4.69, 9.17) is 4.74 Å². The van der Waals surface area contributed by atoms with Gasteiger partial charge in [-0.3, -0.25) is 4.79 Å². The first kappa shape index (κ1) is 32.2. The minimum atomic E-state index is -4.58. The molecule has 2 aromatic carbocycles. The number of carbonyl (C=O) groups is 1. The van der Waals surface area contributed by atoms with Gasteiger partial charge in [-0.25, -0.2) is 0 Å². The maximum atomic E-state index is 13.7. The maximum Gasteiger partial charge on any atom is 0.417 e. The van der Waals surface area contributed by atoms with Gasteiger partial charge in [0.05, 0.1) is 16.6 Å². The SMILES string of the molecule is CCCCCCC(CC)CCCCCNC(=O)c1cc(Br)c(OCCO)c(-c2ccccc2C(F)(F)F)c1. The van der Waals surface area contributed by atoms with Crippen molar-refractivity contribution in [2.24, 2.45) is 5.92 Å². The number of carbonyl (C=O) groups excluding carboxylic acids is 1. The highest BCUT2D eigenvalue weighted by atomic mass is 79.9. The Morgan fingerprint density at radius 3 is 2.32 bits per heavy atom. The smallest absolute Gasteiger partial charge is 0.417 e. The molecule has 2 rings (SSSR count). The largest absolute Gasteiger partial charge is 0.489 e. The summed E-state index contributed by atoms with van der Waals surface area (Å²) in [5, 5.41) is 12.1. The highest BCUT2D eigenvalue weighted by Gasteiger charge is 2.34. The quantitative estimate of drug-likeness (QED) is 0.179. The van der Waals surface area contributed by atoms with Crippen LogP contribution in [0, 0.1) is 5.92 Å². The van der Waals surface area contributed by atoms with Gasteiger partial charge in [-0.05, 0) is 52.0 Å². The number of aliphatic hydroxyl groups excluding tert-OH is 1. The van der Waals surface area contributed by atoms with Crippen LogP contribution >= 0.6 is 15.9 Å². The molecular weight excluding hydrogens is 559 g/mol. The number of benzene rings is 2. The first-order valence-corrected chi connectivity index (χ1v) is 14.5. The van der Waals surface area contributed by atoms with Crippen molar-refractivity contribution in [3.8, 4) is 16.9 Å². The Bertz CT molecular complexity index is 997. The lowest BCUT2D eigenvalue weighted by Crippen LogP contribution is -2.24. The van der Waals surface area contributed by atoms with Crippen LogP contribution in [0.15, 0.2) is 40.9 Å². The molecule has 0 fully saturated rings. The Morgan fingerprint density at radius 2 is 1.68 bits per heavy atom. The molecule has 0 radical (unpaired) electrons. The average Bonchev–Trinajstić information content (AvgIpc) is 2.90. The van der Waals surface area contributed by atoms with Gasteiger partial charge in [0.1, 0.15) is 12.4 Å². The van der Waals surface area contributed by atoms with Gasteiger partial charge in [0.25, 0.3) is 5.91 Å². The molecule has 0 spiro atoms. The summed E-state index contributed by atoms with van der Waals surface area (Å²) in [6, 6.07) is 8.14. The van der Waals surface area contributed by atoms with E-state index in [-0.39, 0.29) is 41.6 Å². The van der Waals surface area contributed by atoms with Crippen LogP contribution in [-0.4, -0.2) is 30.8 Å². The monoisotopic (exact) mass is 599 g/mol. The third kappa shape index (κ3) is 10.3. The van der Waals surface area contributed by atoms with Crippen molar-refractivity contribution < 1.29 is 27.8 Å². The van der Waals surface area contributed by atoms with Crippen LogP contribution < -0.4 is 10.1 Å². The number of ether oxygens (including phenoxy) is 1. The van der Waals surface area contributed by atoms with Crippen molar-refractivity contribution in [2.45, 2.75) is 84.2 Å². The van der Waals surface area contributed by atoms with Crippen molar-refractivity contribution in [3.05, 3.63) is 52.0 Å². The number of amides is 1. The van der Waals surface area contributed by atoms with Crippen LogP contribution in [0.3, 0.4) is 0 Å². The third-order valence-corrected chi connectivity index (χ3v) is 7.37. The highest BCUT2D eigenvalue weighted by molar-refractivity contribution is 9.10. The van der Waals surface area contributed by atoms with Gasteiger partial charge >= 0.3 is 6.18 Å². The van der Waals surface area contributed by atoms with E-state index in [0.717, 1.165) is 31.2 Å². The van der Waals surface area contributed by atoms with Crippen LogP contribution in [0.2, 0.25) is 0 Å². The molecular formula is C30H41BrF3NO3. The van der Waals surface area contributed by atoms with Crippen molar-refractivity contribution in [3.63, 3.8) is 0 Å². The summed E-state index contributed by atoms with van der Waals surface area (Å²) < 4.78 is 47.1. The molecule has 0 saturated carbocycles. The Labute approximate surface area is 233 Å². The van der Waals surface area contributed by atoms with Gasteiger partial charge in [-0.15, -0.1) is 0 Å². The minimum absolute atomic E-state index is 0.0940. The Balaban J connectivity index is 2.04. The van der Waals surface area contributed by atoms with Crippen LogP contribution in [0.25, 0.3) is 11.1 Å². The predicted molar refractivity (Wildman–Crippen MR) is 151 cm³/mol. The second-order valence-corrected chi connectivity index (χ2v) is 10.5. The molecule has 0 aliphatic heterocycles. The molecule has 4 nitrogen and oxygen atoms in total. The first-order valence-electron chi connectivity index (χ1n) is 13.7. The standard InChI is InChI=1S/C30H41BrF3NO3/c1-3-5-6-8-13-22(4-2)14-9-7-12-17-35-29(37)23-20-25(28(27(31)21-23)38-19-18-36)24-15-10-11-16-26(24)30(32,33)34/h10-11,15-16,20-22,36H,3-9,12-14,17-19H2,1-2H3,(H,35,37). The molecule has 1 unspecified atom stereocenters. The molecule has 38 heavy (non-hydrogen) atoms. The van der Waals surface area contributed by atoms with E-state index in [1.165, 1.54) is 75.3 Å². The predicted octanol–water partition coefficient (Wildman–Crippen LogP) is 8.79. The van der Waals surface area contributed by atoms with Crippen molar-refractivity contribution in [1.29, 1.82) is 0 Å². The normalized spacial score (nSPS) is 12.4. The molecule has 0 saturated heterocycles. The molecule has 2 aromatic rings. The van der Waals surface area contributed by atoms with E-state index in [2.05, 4.69) is 35.1 Å². The van der Waals surface area contributed by atoms with E-state index >= 15 is 0 Å². The number of nitrogens with one attached hydrogen (secondary N) is 1. The van der Waals surface area contributed by atoms with Crippen LogP contribution in [0.5, 0.6) is 5.75 Å². The van der Waals surface area contributed by atoms with Crippen LogP contribution in [-0.2, 0) is 6.18 Å². The van der Waals surface area contributed by atoms with Gasteiger partial charge < -0.3 is 15.2 Å². The van der Waals surface area contributed by atoms with Crippen molar-refractivity contribution in [1.82, 2.24) is 5.32 Å². The molecule has 8 heteroatoms. The third-order valence-electron chi connectivity index (χ3n) is 6.78. The summed E-state index contributed by atoms with van der Waals surface area (Å²) in [4.78, 5) is 12.9. The summed E-state index contributed by atoms with van der Waals surface area (Å²) in [6.45, 7) is 4.59. The molecule has 2 N–H and O–H groups in total. The number of halogens is 4. The summed E-state index contributed by atoms with van der Waals surface area (Å²) in [6.07, 6.45) is 7.30. The molecule has 1 atom stereocenters. The molecule has 212 valence electrons. The molecule has 0 aliphatic rings. The molecule has 0 aromatic heterocycles. The number of hydrogen-bond acceptors (Lipinski definition) is 3. The lowest BCUT2D eigenvalue weighted by atomic mass is 9.92. The van der Waals surface area contributed by atoms with Gasteiger partial charge in [-0.2, -0.15) is 13.2 Å². The fraction of sp³-hybridized carbons (Fsp3) is 0.567. The van der Waals surface area contributed by atoms with E-state index < -0.39 is 11.7 Å². The van der Waals surface area contributed by atoms with Crippen LogP contribution in [0.4, 0.5) is 13.2 Å². The lowest BCUT2D eigenvalue weighted by Gasteiger charge is -2.18. The summed E-state index contributed by atoms with van der Waals surface area (Å²) in [7, 11) is 0. The fourth-order valence-electron chi connectivity index (χ4n) is 4.64. The second-order valence-electron chi connectivity index (χ2n) is 9.68. The zero-order chi connectivity index (χ0) is 28.0. The molecule has 0 heterocycles. The summed E-state index contributed by atoms with van der Waals surface area (Å²) >= 11 is 3.35. The zero-order valence-electron chi connectivity index (χ0n) is 22.5. The topological polar surface area (TPSA) is 58.6 Å². The van der Waals surface area contributed by atoms with E-state index in [9.17, 15) is 23.1 Å². The molecule has 0 bridgehead atoms. The number of rotatable bonds is 17. The molecule has 1 amide bonds. The Hall–Kier alpha value is -2.06. The zero-order valence-corrected chi connectivity index (χ0v) is 24.1. The minimum Gasteiger partial charge on any atom is -0.489 e. The van der Waals surface area contributed by atoms with Crippen molar-refractivity contribution >= 4 is 21.8 Å². The number of aliphatic hydroxyl groups is 1. The van der Waals surface area contributed by atoms with E-state index in [1.54, 1.807) is 0 Å². The average molecular weight is 601 g/mol. The van der Waals surface area contributed by atoms with Crippen molar-refractivity contribution in [2.75, 3.05) is 19.8 Å². The summed E-state index contributed by atoms with van der Waals surface area (Å²) in [5.41, 5.74) is -0.550. The second kappa shape index (κ2) is 16.8. The van der Waals surface area contributed by atoms with Gasteiger partial charge in [0.15, 0.2) is 0 Å². The van der Waals surface area contributed by atoms with Gasteiger partial charge in [-0.1, -0.05) is 89.8 Å². The number of hydrogen-bond donors (Lipinski definition) is 2. The molecule has 0 aliphatic carbocycles. The summed E-state index contributed by atoms with van der Waals surface area (Å²) in [5.74, 6) is 0.559. The Kier molecular flexibility index (Phi) is 14.2.